The minimum absolute atomic E-state index is 0.166. The van der Waals surface area contributed by atoms with Crippen LogP contribution in [-0.4, -0.2) is 41.1 Å². The van der Waals surface area contributed by atoms with Gasteiger partial charge in [0.2, 0.25) is 17.6 Å². The Balaban J connectivity index is 1.59. The van der Waals surface area contributed by atoms with Gasteiger partial charge in [-0.2, -0.15) is 4.98 Å². The van der Waals surface area contributed by atoms with Crippen molar-refractivity contribution in [2.24, 2.45) is 5.92 Å². The van der Waals surface area contributed by atoms with Gasteiger partial charge in [-0.25, -0.2) is 0 Å². The zero-order valence-electron chi connectivity index (χ0n) is 17.2. The minimum Gasteiger partial charge on any atom is -0.497 e. The summed E-state index contributed by atoms with van der Waals surface area (Å²) in [7, 11) is 1.64. The van der Waals surface area contributed by atoms with Crippen LogP contribution in [0.25, 0.3) is 11.4 Å². The molecular weight excluding hydrogens is 354 g/mol. The topological polar surface area (TPSA) is 68.5 Å². The van der Waals surface area contributed by atoms with Crippen molar-refractivity contribution in [1.82, 2.24) is 15.0 Å². The molecule has 1 unspecified atom stereocenters. The average molecular weight is 386 g/mol. The van der Waals surface area contributed by atoms with E-state index in [1.54, 1.807) is 7.11 Å². The Hall–Kier alpha value is -2.37. The van der Waals surface area contributed by atoms with Gasteiger partial charge in [0.25, 0.3) is 0 Å². The summed E-state index contributed by atoms with van der Waals surface area (Å²) in [5, 5.41) is 4.14. The van der Waals surface area contributed by atoms with E-state index in [0.717, 1.165) is 62.9 Å². The molecule has 0 spiro atoms. The fraction of sp³-hybridized carbons (Fsp3) is 0.591. The van der Waals surface area contributed by atoms with E-state index in [9.17, 15) is 4.79 Å². The van der Waals surface area contributed by atoms with Crippen molar-refractivity contribution in [3.8, 4) is 17.1 Å². The molecule has 1 aromatic carbocycles. The van der Waals surface area contributed by atoms with E-state index in [1.165, 1.54) is 0 Å². The number of aromatic nitrogens is 2. The lowest BCUT2D eigenvalue weighted by atomic mass is 9.93. The Morgan fingerprint density at radius 1 is 1.32 bits per heavy atom. The van der Waals surface area contributed by atoms with Gasteiger partial charge in [0, 0.05) is 30.5 Å². The molecule has 0 saturated carbocycles. The number of likely N-dealkylation sites (tertiary alicyclic amines) is 1. The number of piperidine rings is 1. The van der Waals surface area contributed by atoms with E-state index in [2.05, 4.69) is 24.0 Å². The summed E-state index contributed by atoms with van der Waals surface area (Å²) < 4.78 is 10.8. The normalized spacial score (nSPS) is 16.2. The Kier molecular flexibility index (Phi) is 7.06. The minimum atomic E-state index is 0.166. The van der Waals surface area contributed by atoms with Crippen LogP contribution in [0, 0.1) is 5.92 Å². The van der Waals surface area contributed by atoms with Gasteiger partial charge >= 0.3 is 0 Å². The van der Waals surface area contributed by atoms with E-state index in [4.69, 9.17) is 9.26 Å². The first-order chi connectivity index (χ1) is 13.7. The van der Waals surface area contributed by atoms with Crippen molar-refractivity contribution in [3.05, 3.63) is 30.2 Å². The number of unbranched alkanes of at least 4 members (excludes halogenated alkanes) is 1. The molecule has 0 N–H and O–H groups in total. The summed E-state index contributed by atoms with van der Waals surface area (Å²) >= 11 is 0. The molecule has 1 aliphatic heterocycles. The number of amides is 1. The van der Waals surface area contributed by atoms with E-state index >= 15 is 0 Å². The number of hydrogen-bond acceptors (Lipinski definition) is 5. The first-order valence-corrected chi connectivity index (χ1v) is 10.4. The van der Waals surface area contributed by atoms with Crippen LogP contribution in [0.1, 0.15) is 64.2 Å². The number of nitrogens with zero attached hydrogens (tertiary/aromatic N) is 3. The molecule has 1 amide bonds. The molecule has 0 aliphatic carbocycles. The molecule has 1 aliphatic rings. The third-order valence-corrected chi connectivity index (χ3v) is 5.67. The van der Waals surface area contributed by atoms with Crippen molar-refractivity contribution in [2.45, 2.75) is 58.3 Å². The smallest absolute Gasteiger partial charge is 0.230 e. The first kappa shape index (κ1) is 20.4. The number of carbonyl (C=O) groups is 1. The molecule has 0 radical (unpaired) electrons. The second-order valence-electron chi connectivity index (χ2n) is 7.54. The van der Waals surface area contributed by atoms with Crippen LogP contribution < -0.4 is 4.74 Å². The molecule has 0 bridgehead atoms. The molecule has 1 saturated heterocycles. The summed E-state index contributed by atoms with van der Waals surface area (Å²) in [4.78, 5) is 19.4. The molecule has 28 heavy (non-hydrogen) atoms. The molecule has 3 rings (SSSR count). The van der Waals surface area contributed by atoms with Crippen molar-refractivity contribution < 1.29 is 14.1 Å². The maximum atomic E-state index is 12.8. The summed E-state index contributed by atoms with van der Waals surface area (Å²) in [6.07, 6.45) is 5.92. The van der Waals surface area contributed by atoms with Crippen LogP contribution in [0.3, 0.4) is 0 Å². The van der Waals surface area contributed by atoms with Crippen molar-refractivity contribution in [2.75, 3.05) is 20.2 Å². The number of benzene rings is 1. The SMILES string of the molecule is CCCCC(CC)C(=O)N1CCC(c2nc(-c3cccc(OC)c3)no2)CC1. The lowest BCUT2D eigenvalue weighted by molar-refractivity contribution is -0.137. The Bertz CT molecular complexity index is 766. The van der Waals surface area contributed by atoms with E-state index in [0.29, 0.717) is 17.6 Å². The van der Waals surface area contributed by atoms with E-state index in [1.807, 2.05) is 29.2 Å². The molecule has 1 aromatic heterocycles. The Morgan fingerprint density at radius 2 is 2.11 bits per heavy atom. The van der Waals surface area contributed by atoms with Gasteiger partial charge in [-0.05, 0) is 37.8 Å². The van der Waals surface area contributed by atoms with Crippen molar-refractivity contribution in [3.63, 3.8) is 0 Å². The average Bonchev–Trinajstić information content (AvgIpc) is 3.24. The summed E-state index contributed by atoms with van der Waals surface area (Å²) in [5.74, 6) is 2.72. The molecule has 152 valence electrons. The van der Waals surface area contributed by atoms with Crippen LogP contribution in [0.2, 0.25) is 0 Å². The van der Waals surface area contributed by atoms with Crippen LogP contribution >= 0.6 is 0 Å². The maximum absolute atomic E-state index is 12.8. The van der Waals surface area contributed by atoms with Gasteiger partial charge in [0.1, 0.15) is 5.75 Å². The van der Waals surface area contributed by atoms with E-state index in [-0.39, 0.29) is 11.8 Å². The standard InChI is InChI=1S/C22H31N3O3/c1-4-6-8-16(5-2)22(26)25-13-11-17(12-14-25)21-23-20(24-28-21)18-9-7-10-19(15-18)27-3/h7,9-10,15-17H,4-6,8,11-14H2,1-3H3. The summed E-state index contributed by atoms with van der Waals surface area (Å²) in [6.45, 7) is 5.82. The van der Waals surface area contributed by atoms with Gasteiger partial charge in [-0.3, -0.25) is 4.79 Å². The van der Waals surface area contributed by atoms with Gasteiger partial charge in [-0.15, -0.1) is 0 Å². The number of hydrogen-bond donors (Lipinski definition) is 0. The fourth-order valence-electron chi connectivity index (χ4n) is 3.84. The van der Waals surface area contributed by atoms with Gasteiger partial charge < -0.3 is 14.2 Å². The first-order valence-electron chi connectivity index (χ1n) is 10.4. The summed E-state index contributed by atoms with van der Waals surface area (Å²) in [6, 6.07) is 7.65. The monoisotopic (exact) mass is 385 g/mol. The zero-order chi connectivity index (χ0) is 19.9. The molecule has 1 atom stereocenters. The highest BCUT2D eigenvalue weighted by Crippen LogP contribution is 2.30. The molecule has 2 heterocycles. The zero-order valence-corrected chi connectivity index (χ0v) is 17.2. The largest absolute Gasteiger partial charge is 0.497 e. The quantitative estimate of drug-likeness (QED) is 0.661. The predicted octanol–water partition coefficient (Wildman–Crippen LogP) is 4.67. The van der Waals surface area contributed by atoms with Crippen molar-refractivity contribution >= 4 is 5.91 Å². The molecular formula is C22H31N3O3. The second-order valence-corrected chi connectivity index (χ2v) is 7.54. The number of methoxy groups -OCH3 is 1. The van der Waals surface area contributed by atoms with Crippen molar-refractivity contribution in [1.29, 1.82) is 0 Å². The second kappa shape index (κ2) is 9.71. The molecule has 1 fully saturated rings. The van der Waals surface area contributed by atoms with Crippen LogP contribution in [0.15, 0.2) is 28.8 Å². The molecule has 6 nitrogen and oxygen atoms in total. The highest BCUT2D eigenvalue weighted by Gasteiger charge is 2.30. The fourth-order valence-corrected chi connectivity index (χ4v) is 3.84. The summed E-state index contributed by atoms with van der Waals surface area (Å²) in [5.41, 5.74) is 0.878. The number of ether oxygens (including phenoxy) is 1. The highest BCUT2D eigenvalue weighted by atomic mass is 16.5. The molecule has 6 heteroatoms. The van der Waals surface area contributed by atoms with E-state index < -0.39 is 0 Å². The third kappa shape index (κ3) is 4.72. The molecule has 2 aromatic rings. The van der Waals surface area contributed by atoms with Crippen LogP contribution in [0.4, 0.5) is 0 Å². The maximum Gasteiger partial charge on any atom is 0.230 e. The van der Waals surface area contributed by atoms with Gasteiger partial charge in [0.05, 0.1) is 7.11 Å². The predicted molar refractivity (Wildman–Crippen MR) is 108 cm³/mol. The lowest BCUT2D eigenvalue weighted by Gasteiger charge is -2.33. The van der Waals surface area contributed by atoms with Gasteiger partial charge in [0.15, 0.2) is 0 Å². The lowest BCUT2D eigenvalue weighted by Crippen LogP contribution is -2.41. The van der Waals surface area contributed by atoms with Gasteiger partial charge in [-0.1, -0.05) is 44.0 Å². The van der Waals surface area contributed by atoms with Crippen LogP contribution in [0.5, 0.6) is 5.75 Å². The highest BCUT2D eigenvalue weighted by molar-refractivity contribution is 5.78. The van der Waals surface area contributed by atoms with Crippen LogP contribution in [-0.2, 0) is 4.79 Å². The number of rotatable bonds is 8. The number of carbonyl (C=O) groups excluding carboxylic acids is 1. The third-order valence-electron chi connectivity index (χ3n) is 5.67. The Labute approximate surface area is 167 Å². The Morgan fingerprint density at radius 3 is 2.79 bits per heavy atom.